The minimum Gasteiger partial charge on any atom is -0.370 e. The van der Waals surface area contributed by atoms with Gasteiger partial charge in [-0.3, -0.25) is 14.5 Å². The lowest BCUT2D eigenvalue weighted by Crippen LogP contribution is -2.39. The molecule has 1 aliphatic heterocycles. The largest absolute Gasteiger partial charge is 0.370 e. The molecule has 1 saturated heterocycles. The van der Waals surface area contributed by atoms with E-state index in [1.54, 1.807) is 0 Å². The number of nitrogens with one attached hydrogen (secondary N) is 1. The number of piperidine rings is 1. The normalized spacial score (nSPS) is 16.4. The maximum absolute atomic E-state index is 8.67. The first-order valence-corrected chi connectivity index (χ1v) is 4.99. The van der Waals surface area contributed by atoms with Crippen LogP contribution in [0.2, 0.25) is 0 Å². The van der Waals surface area contributed by atoms with Crippen LogP contribution in [0.25, 0.3) is 0 Å². The average Bonchev–Trinajstić information content (AvgIpc) is 2.05. The molecule has 0 amide bonds. The van der Waals surface area contributed by atoms with Gasteiger partial charge in [-0.2, -0.15) is 4.21 Å². The molecule has 78 valence electrons. The maximum Gasteiger partial charge on any atom is 0.299 e. The lowest BCUT2D eigenvalue weighted by atomic mass is 10.1. The van der Waals surface area contributed by atoms with E-state index in [4.69, 9.17) is 24.5 Å². The van der Waals surface area contributed by atoms with Gasteiger partial charge >= 0.3 is 0 Å². The Bertz CT molecular complexity index is 178. The molecule has 0 saturated carbocycles. The Morgan fingerprint density at radius 2 is 1.69 bits per heavy atom. The van der Waals surface area contributed by atoms with E-state index < -0.39 is 11.4 Å². The van der Waals surface area contributed by atoms with Crippen LogP contribution in [-0.2, 0) is 11.4 Å². The van der Waals surface area contributed by atoms with Crippen molar-refractivity contribution in [1.29, 1.82) is 5.41 Å². The highest BCUT2D eigenvalue weighted by atomic mass is 32.2. The summed E-state index contributed by atoms with van der Waals surface area (Å²) < 4.78 is 22.8. The fourth-order valence-electron chi connectivity index (χ4n) is 1.13. The molecule has 0 unspecified atom stereocenters. The highest BCUT2D eigenvalue weighted by Gasteiger charge is 2.09. The summed E-state index contributed by atoms with van der Waals surface area (Å²) in [5, 5.41) is 7.09. The summed E-state index contributed by atoms with van der Waals surface area (Å²) in [5.41, 5.74) is 5.28. The first-order valence-electron chi connectivity index (χ1n) is 3.93. The average molecular weight is 209 g/mol. The zero-order chi connectivity index (χ0) is 10.3. The predicted molar refractivity (Wildman–Crippen MR) is 50.7 cm³/mol. The van der Waals surface area contributed by atoms with Gasteiger partial charge in [0, 0.05) is 13.1 Å². The SMILES string of the molecule is N=C(N)N1CCCCC1.O=S(O)O. The first kappa shape index (κ1) is 12.3. The molecule has 0 aromatic heterocycles. The molecule has 0 radical (unpaired) electrons. The Labute approximate surface area is 79.7 Å². The summed E-state index contributed by atoms with van der Waals surface area (Å²) in [6.45, 7) is 1.96. The Kier molecular flexibility index (Phi) is 6.47. The molecule has 1 fully saturated rings. The second-order valence-electron chi connectivity index (χ2n) is 2.66. The number of nitrogens with zero attached hydrogens (tertiary/aromatic N) is 1. The molecule has 1 rings (SSSR count). The summed E-state index contributed by atoms with van der Waals surface area (Å²) in [5.74, 6) is 0.231. The minimum atomic E-state index is -2.61. The summed E-state index contributed by atoms with van der Waals surface area (Å²) in [6, 6.07) is 0. The van der Waals surface area contributed by atoms with E-state index in [2.05, 4.69) is 0 Å². The van der Waals surface area contributed by atoms with Crippen molar-refractivity contribution < 1.29 is 13.3 Å². The third-order valence-corrected chi connectivity index (χ3v) is 1.70. The molecule has 0 atom stereocenters. The van der Waals surface area contributed by atoms with Crippen molar-refractivity contribution in [1.82, 2.24) is 4.90 Å². The van der Waals surface area contributed by atoms with Gasteiger partial charge in [0.2, 0.25) is 0 Å². The number of nitrogens with two attached hydrogens (primary N) is 1. The van der Waals surface area contributed by atoms with E-state index in [1.165, 1.54) is 19.3 Å². The van der Waals surface area contributed by atoms with Gasteiger partial charge in [0.1, 0.15) is 0 Å². The molecular formula is C6H15N3O3S. The predicted octanol–water partition coefficient (Wildman–Crippen LogP) is 0.0469. The molecule has 1 aliphatic rings. The molecule has 6 nitrogen and oxygen atoms in total. The van der Waals surface area contributed by atoms with Crippen molar-refractivity contribution in [2.45, 2.75) is 19.3 Å². The molecule has 0 aromatic rings. The van der Waals surface area contributed by atoms with Gasteiger partial charge in [0.15, 0.2) is 5.96 Å². The second-order valence-corrected chi connectivity index (χ2v) is 3.13. The Balaban J connectivity index is 0.000000310. The molecule has 0 spiro atoms. The number of hydrogen-bond acceptors (Lipinski definition) is 2. The Hall–Kier alpha value is -0.660. The zero-order valence-corrected chi connectivity index (χ0v) is 8.09. The first-order chi connectivity index (χ1) is 6.04. The monoisotopic (exact) mass is 209 g/mol. The van der Waals surface area contributed by atoms with Crippen LogP contribution >= 0.6 is 0 Å². The van der Waals surface area contributed by atoms with E-state index >= 15 is 0 Å². The van der Waals surface area contributed by atoms with Gasteiger partial charge in [-0.15, -0.1) is 0 Å². The van der Waals surface area contributed by atoms with Crippen molar-refractivity contribution in [3.63, 3.8) is 0 Å². The van der Waals surface area contributed by atoms with Crippen LogP contribution in [0.3, 0.4) is 0 Å². The smallest absolute Gasteiger partial charge is 0.299 e. The summed E-state index contributed by atoms with van der Waals surface area (Å²) in [7, 11) is 0. The van der Waals surface area contributed by atoms with E-state index in [9.17, 15) is 0 Å². The molecule has 0 bridgehead atoms. The molecule has 13 heavy (non-hydrogen) atoms. The topological polar surface area (TPSA) is 111 Å². The van der Waals surface area contributed by atoms with E-state index in [1.807, 2.05) is 4.90 Å². The van der Waals surface area contributed by atoms with Crippen molar-refractivity contribution in [3.8, 4) is 0 Å². The zero-order valence-electron chi connectivity index (χ0n) is 7.27. The third-order valence-electron chi connectivity index (χ3n) is 1.70. The number of likely N-dealkylation sites (tertiary alicyclic amines) is 1. The van der Waals surface area contributed by atoms with Crippen LogP contribution in [0.5, 0.6) is 0 Å². The van der Waals surface area contributed by atoms with Crippen molar-refractivity contribution in [2.75, 3.05) is 13.1 Å². The Morgan fingerprint density at radius 3 is 1.92 bits per heavy atom. The van der Waals surface area contributed by atoms with Crippen molar-refractivity contribution in [3.05, 3.63) is 0 Å². The molecule has 0 aliphatic carbocycles. The molecule has 0 aromatic carbocycles. The summed E-state index contributed by atoms with van der Waals surface area (Å²) >= 11 is -2.61. The molecular weight excluding hydrogens is 194 g/mol. The molecule has 7 heteroatoms. The van der Waals surface area contributed by atoms with Crippen LogP contribution in [0.15, 0.2) is 0 Å². The third kappa shape index (κ3) is 7.69. The van der Waals surface area contributed by atoms with Crippen molar-refractivity contribution >= 4 is 17.3 Å². The molecule has 5 N–H and O–H groups in total. The van der Waals surface area contributed by atoms with E-state index in [-0.39, 0.29) is 5.96 Å². The van der Waals surface area contributed by atoms with Gasteiger partial charge < -0.3 is 10.6 Å². The Morgan fingerprint density at radius 1 is 1.31 bits per heavy atom. The highest BCUT2D eigenvalue weighted by Crippen LogP contribution is 2.06. The number of hydrogen-bond donors (Lipinski definition) is 4. The second kappa shape index (κ2) is 6.81. The van der Waals surface area contributed by atoms with Gasteiger partial charge in [-0.05, 0) is 19.3 Å². The van der Waals surface area contributed by atoms with Crippen LogP contribution in [-0.4, -0.2) is 37.3 Å². The van der Waals surface area contributed by atoms with Crippen LogP contribution < -0.4 is 5.73 Å². The quantitative estimate of drug-likeness (QED) is 0.256. The van der Waals surface area contributed by atoms with Crippen LogP contribution in [0.1, 0.15) is 19.3 Å². The highest BCUT2D eigenvalue weighted by molar-refractivity contribution is 7.73. The van der Waals surface area contributed by atoms with Gasteiger partial charge in [0.05, 0.1) is 0 Å². The molecule has 1 heterocycles. The van der Waals surface area contributed by atoms with Gasteiger partial charge in [0.25, 0.3) is 11.4 Å². The fraction of sp³-hybridized carbons (Fsp3) is 0.833. The summed E-state index contributed by atoms with van der Waals surface area (Å²) in [6.07, 6.45) is 3.68. The number of guanidine groups is 1. The van der Waals surface area contributed by atoms with Crippen molar-refractivity contribution in [2.24, 2.45) is 5.73 Å². The van der Waals surface area contributed by atoms with Gasteiger partial charge in [-0.1, -0.05) is 0 Å². The fourth-order valence-corrected chi connectivity index (χ4v) is 1.13. The standard InChI is InChI=1S/C6H13N3.H2O3S/c7-6(8)9-4-2-1-3-5-9;1-4(2)3/h1-5H2,(H3,7,8);(H2,1,2,3). The van der Waals surface area contributed by atoms with Crippen LogP contribution in [0, 0.1) is 5.41 Å². The van der Waals surface area contributed by atoms with Crippen LogP contribution in [0.4, 0.5) is 0 Å². The summed E-state index contributed by atoms with van der Waals surface area (Å²) in [4.78, 5) is 1.92. The van der Waals surface area contributed by atoms with E-state index in [0.717, 1.165) is 13.1 Å². The lowest BCUT2D eigenvalue weighted by Gasteiger charge is -2.26. The van der Waals surface area contributed by atoms with Gasteiger partial charge in [-0.25, -0.2) is 0 Å². The maximum atomic E-state index is 8.67. The number of rotatable bonds is 0. The van der Waals surface area contributed by atoms with E-state index in [0.29, 0.717) is 0 Å². The lowest BCUT2D eigenvalue weighted by molar-refractivity contribution is 0.337. The minimum absolute atomic E-state index is 0.231.